The highest BCUT2D eigenvalue weighted by molar-refractivity contribution is 9.10. The summed E-state index contributed by atoms with van der Waals surface area (Å²) in [6.07, 6.45) is 0. The van der Waals surface area contributed by atoms with Crippen LogP contribution in [0.5, 0.6) is 0 Å². The predicted molar refractivity (Wildman–Crippen MR) is 77.4 cm³/mol. The van der Waals surface area contributed by atoms with Gasteiger partial charge in [0.1, 0.15) is 0 Å². The second-order valence-corrected chi connectivity index (χ2v) is 4.73. The topological polar surface area (TPSA) is 81.1 Å². The van der Waals surface area contributed by atoms with Crippen molar-refractivity contribution in [3.05, 3.63) is 52.5 Å². The number of carbonyl (C=O) groups is 1. The zero-order valence-corrected chi connectivity index (χ0v) is 11.1. The summed E-state index contributed by atoms with van der Waals surface area (Å²) in [5, 5.41) is 2.77. The predicted octanol–water partition coefficient (Wildman–Crippen LogP) is 2.87. The molecule has 0 fully saturated rings. The molecule has 0 saturated carbocycles. The highest BCUT2D eigenvalue weighted by atomic mass is 79.9. The highest BCUT2D eigenvalue weighted by Gasteiger charge is 2.10. The summed E-state index contributed by atoms with van der Waals surface area (Å²) < 4.78 is 0.894. The average molecular weight is 306 g/mol. The van der Waals surface area contributed by atoms with Crippen molar-refractivity contribution in [3.8, 4) is 0 Å². The lowest BCUT2D eigenvalue weighted by Crippen LogP contribution is -2.14. The Labute approximate surface area is 113 Å². The van der Waals surface area contributed by atoms with Crippen LogP contribution in [0.25, 0.3) is 0 Å². The molecule has 0 aliphatic heterocycles. The van der Waals surface area contributed by atoms with E-state index in [1.54, 1.807) is 24.3 Å². The van der Waals surface area contributed by atoms with Gasteiger partial charge in [0.2, 0.25) is 0 Å². The second-order valence-electron chi connectivity index (χ2n) is 3.81. The fraction of sp³-hybridized carbons (Fsp3) is 0. The minimum Gasteiger partial charge on any atom is -0.399 e. The molecule has 0 heterocycles. The minimum absolute atomic E-state index is 0.259. The van der Waals surface area contributed by atoms with Gasteiger partial charge in [-0.05, 0) is 36.4 Å². The largest absolute Gasteiger partial charge is 0.399 e. The van der Waals surface area contributed by atoms with Gasteiger partial charge in [-0.1, -0.05) is 22.0 Å². The molecule has 0 bridgehead atoms. The van der Waals surface area contributed by atoms with Crippen molar-refractivity contribution in [2.75, 3.05) is 16.8 Å². The van der Waals surface area contributed by atoms with E-state index in [2.05, 4.69) is 21.2 Å². The molecule has 0 radical (unpaired) electrons. The molecule has 0 spiro atoms. The molecule has 2 rings (SSSR count). The third kappa shape index (κ3) is 2.81. The van der Waals surface area contributed by atoms with E-state index in [1.165, 1.54) is 0 Å². The number of benzene rings is 2. The van der Waals surface area contributed by atoms with Gasteiger partial charge >= 0.3 is 0 Å². The van der Waals surface area contributed by atoms with Crippen molar-refractivity contribution < 1.29 is 4.79 Å². The quantitative estimate of drug-likeness (QED) is 0.746. The lowest BCUT2D eigenvalue weighted by molar-refractivity contribution is 0.102. The Morgan fingerprint density at radius 3 is 2.56 bits per heavy atom. The number of anilines is 3. The molecule has 0 unspecified atom stereocenters. The Hall–Kier alpha value is -2.01. The van der Waals surface area contributed by atoms with Crippen LogP contribution < -0.4 is 16.8 Å². The number of hydrogen-bond acceptors (Lipinski definition) is 3. The molecular weight excluding hydrogens is 294 g/mol. The van der Waals surface area contributed by atoms with Gasteiger partial charge in [-0.15, -0.1) is 0 Å². The number of nitrogens with two attached hydrogens (primary N) is 2. The molecule has 0 aliphatic rings. The maximum atomic E-state index is 12.0. The van der Waals surface area contributed by atoms with Gasteiger partial charge in [-0.3, -0.25) is 4.79 Å². The zero-order valence-electron chi connectivity index (χ0n) is 9.48. The molecule has 0 aliphatic carbocycles. The van der Waals surface area contributed by atoms with Crippen LogP contribution in [0.2, 0.25) is 0 Å². The minimum atomic E-state index is -0.259. The van der Waals surface area contributed by atoms with Gasteiger partial charge in [-0.25, -0.2) is 0 Å². The number of nitrogens with one attached hydrogen (secondary N) is 1. The molecule has 5 heteroatoms. The first-order valence-electron chi connectivity index (χ1n) is 5.28. The van der Waals surface area contributed by atoms with E-state index in [-0.39, 0.29) is 5.91 Å². The van der Waals surface area contributed by atoms with E-state index in [1.807, 2.05) is 18.2 Å². The van der Waals surface area contributed by atoms with E-state index < -0.39 is 0 Å². The van der Waals surface area contributed by atoms with Gasteiger partial charge in [0.15, 0.2) is 0 Å². The molecule has 4 nitrogen and oxygen atoms in total. The Bertz CT molecular complexity index is 599. The van der Waals surface area contributed by atoms with E-state index in [4.69, 9.17) is 11.5 Å². The van der Waals surface area contributed by atoms with Gasteiger partial charge in [0.05, 0.1) is 5.56 Å². The standard InChI is InChI=1S/C13H12BrN3O/c14-8-2-1-3-10(6-8)17-13(18)11-5-4-9(15)7-12(11)16/h1-7H,15-16H2,(H,17,18). The second kappa shape index (κ2) is 5.10. The maximum absolute atomic E-state index is 12.0. The summed E-state index contributed by atoms with van der Waals surface area (Å²) in [6.45, 7) is 0. The van der Waals surface area contributed by atoms with Gasteiger partial charge < -0.3 is 16.8 Å². The summed E-state index contributed by atoms with van der Waals surface area (Å²) in [6, 6.07) is 12.2. The first-order chi connectivity index (χ1) is 8.56. The number of nitrogen functional groups attached to an aromatic ring is 2. The fourth-order valence-electron chi connectivity index (χ4n) is 1.55. The van der Waals surface area contributed by atoms with Crippen molar-refractivity contribution in [2.45, 2.75) is 0 Å². The van der Waals surface area contributed by atoms with Crippen LogP contribution in [0.1, 0.15) is 10.4 Å². The first-order valence-corrected chi connectivity index (χ1v) is 6.07. The van der Waals surface area contributed by atoms with E-state index in [0.29, 0.717) is 22.6 Å². The van der Waals surface area contributed by atoms with Crippen LogP contribution in [0.4, 0.5) is 17.1 Å². The van der Waals surface area contributed by atoms with Crippen molar-refractivity contribution in [1.29, 1.82) is 0 Å². The molecule has 0 saturated heterocycles. The average Bonchev–Trinajstić information content (AvgIpc) is 2.28. The van der Waals surface area contributed by atoms with Crippen molar-refractivity contribution in [2.24, 2.45) is 0 Å². The monoisotopic (exact) mass is 305 g/mol. The lowest BCUT2D eigenvalue weighted by atomic mass is 10.1. The van der Waals surface area contributed by atoms with Crippen molar-refractivity contribution in [3.63, 3.8) is 0 Å². The Balaban J connectivity index is 2.22. The van der Waals surface area contributed by atoms with Crippen LogP contribution in [0.15, 0.2) is 46.9 Å². The summed E-state index contributed by atoms with van der Waals surface area (Å²) in [7, 11) is 0. The van der Waals surface area contributed by atoms with Crippen molar-refractivity contribution >= 4 is 38.9 Å². The van der Waals surface area contributed by atoms with E-state index >= 15 is 0 Å². The molecule has 1 amide bonds. The van der Waals surface area contributed by atoms with Crippen LogP contribution >= 0.6 is 15.9 Å². The highest BCUT2D eigenvalue weighted by Crippen LogP contribution is 2.19. The molecule has 2 aromatic carbocycles. The van der Waals surface area contributed by atoms with E-state index in [0.717, 1.165) is 4.47 Å². The van der Waals surface area contributed by atoms with Gasteiger partial charge in [-0.2, -0.15) is 0 Å². The van der Waals surface area contributed by atoms with E-state index in [9.17, 15) is 4.79 Å². The first kappa shape index (κ1) is 12.4. The third-order valence-corrected chi connectivity index (χ3v) is 2.90. The van der Waals surface area contributed by atoms with Crippen LogP contribution in [-0.4, -0.2) is 5.91 Å². The Morgan fingerprint density at radius 2 is 1.89 bits per heavy atom. The number of rotatable bonds is 2. The summed E-state index contributed by atoms with van der Waals surface area (Å²) in [4.78, 5) is 12.0. The molecular formula is C13H12BrN3O. The summed E-state index contributed by atoms with van der Waals surface area (Å²) >= 11 is 3.34. The molecule has 92 valence electrons. The molecule has 0 atom stereocenters. The Morgan fingerprint density at radius 1 is 1.11 bits per heavy atom. The third-order valence-electron chi connectivity index (χ3n) is 2.40. The van der Waals surface area contributed by atoms with Gasteiger partial charge in [0.25, 0.3) is 5.91 Å². The molecule has 0 aromatic heterocycles. The smallest absolute Gasteiger partial charge is 0.257 e. The van der Waals surface area contributed by atoms with Crippen molar-refractivity contribution in [1.82, 2.24) is 0 Å². The number of hydrogen-bond donors (Lipinski definition) is 3. The summed E-state index contributed by atoms with van der Waals surface area (Å²) in [5.41, 5.74) is 13.3. The normalized spacial score (nSPS) is 10.1. The van der Waals surface area contributed by atoms with Crippen LogP contribution in [0, 0.1) is 0 Å². The molecule has 2 aromatic rings. The van der Waals surface area contributed by atoms with Crippen LogP contribution in [-0.2, 0) is 0 Å². The summed E-state index contributed by atoms with van der Waals surface area (Å²) in [5.74, 6) is -0.259. The lowest BCUT2D eigenvalue weighted by Gasteiger charge is -2.08. The SMILES string of the molecule is Nc1ccc(C(=O)Nc2cccc(Br)c2)c(N)c1. The molecule has 18 heavy (non-hydrogen) atoms. The van der Waals surface area contributed by atoms with Gasteiger partial charge in [0, 0.05) is 21.5 Å². The number of carbonyl (C=O) groups excluding carboxylic acids is 1. The molecule has 5 N–H and O–H groups in total. The Kier molecular flexibility index (Phi) is 3.53. The zero-order chi connectivity index (χ0) is 13.1. The number of amides is 1. The fourth-order valence-corrected chi connectivity index (χ4v) is 1.95. The van der Waals surface area contributed by atoms with Crippen LogP contribution in [0.3, 0.4) is 0 Å². The number of halogens is 1. The maximum Gasteiger partial charge on any atom is 0.257 e.